The highest BCUT2D eigenvalue weighted by Crippen LogP contribution is 2.26. The topological polar surface area (TPSA) is 142 Å². The second kappa shape index (κ2) is 76.4. The van der Waals surface area contributed by atoms with E-state index >= 15 is 0 Å². The van der Waals surface area contributed by atoms with Gasteiger partial charge in [0, 0.05) is 19.6 Å². The van der Waals surface area contributed by atoms with Gasteiger partial charge < -0.3 is 29.2 Å². The number of rotatable bonds is 57. The summed E-state index contributed by atoms with van der Waals surface area (Å²) in [6.07, 6.45) is 68.2. The summed E-state index contributed by atoms with van der Waals surface area (Å²) in [6.45, 7) is 18.4. The van der Waals surface area contributed by atoms with Crippen LogP contribution in [-0.4, -0.2) is 54.1 Å². The highest BCUT2D eigenvalue weighted by Gasteiger charge is 2.01. The summed E-state index contributed by atoms with van der Waals surface area (Å²) in [5, 5.41) is 0. The molecule has 0 heterocycles. The van der Waals surface area contributed by atoms with Crippen molar-refractivity contribution < 1.29 is 33.8 Å². The largest absolute Gasteiger partial charge is 0.466 e. The molecule has 0 fully saturated rings. The van der Waals surface area contributed by atoms with Crippen LogP contribution in [0, 0.1) is 0 Å². The molecule has 0 bridgehead atoms. The third-order valence-electron chi connectivity index (χ3n) is 13.0. The van der Waals surface area contributed by atoms with Crippen molar-refractivity contribution in [1.82, 2.24) is 16.4 Å². The van der Waals surface area contributed by atoms with Gasteiger partial charge in [-0.05, 0) is 19.3 Å². The Morgan fingerprint density at radius 1 is 0.239 bits per heavy atom. The van der Waals surface area contributed by atoms with Crippen LogP contribution in [0.2, 0.25) is 0 Å². The second-order valence-corrected chi connectivity index (χ2v) is 21.5. The molecule has 0 radical (unpaired) electrons. The van der Waals surface area contributed by atoms with E-state index in [0.717, 1.165) is 39.5 Å². The fraction of sp³-hybridized carbons (Fsp3) is 1.00. The Balaban J connectivity index is -0.000000451. The normalized spacial score (nSPS) is 11.2. The molecule has 0 aliphatic rings. The number of unbranched alkanes of at least 4 members (excludes halogenated alkanes) is 45. The first kappa shape index (κ1) is 77.4. The predicted molar refractivity (Wildman–Crippen MR) is 312 cm³/mol. The number of phosphoric acid groups is 1. The van der Waals surface area contributed by atoms with Crippen LogP contribution in [0.15, 0.2) is 0 Å². The Bertz CT molecular complexity index is 741. The van der Waals surface area contributed by atoms with Gasteiger partial charge in [0.15, 0.2) is 0 Å². The molecule has 0 saturated heterocycles. The van der Waals surface area contributed by atoms with Crippen molar-refractivity contribution in [3.63, 3.8) is 0 Å². The molecule has 11 heteroatoms. The molecule has 0 unspecified atom stereocenters. The van der Waals surface area contributed by atoms with E-state index in [1.54, 1.807) is 0 Å². The quantitative estimate of drug-likeness (QED) is 0.0198. The van der Waals surface area contributed by atoms with Gasteiger partial charge in [-0.1, -0.05) is 330 Å². The van der Waals surface area contributed by atoms with Crippen molar-refractivity contribution in [2.75, 3.05) is 39.5 Å². The molecule has 0 amide bonds. The molecule has 71 heavy (non-hydrogen) atoms. The molecule has 6 N–H and O–H groups in total. The molecule has 0 aliphatic carbocycles. The number of hydrogen-bond donors (Lipinski definition) is 6. The number of hydroxylamine groups is 3. The summed E-state index contributed by atoms with van der Waals surface area (Å²) in [6, 6.07) is 0. The van der Waals surface area contributed by atoms with Gasteiger partial charge in [-0.3, -0.25) is 0 Å². The zero-order chi connectivity index (χ0) is 52.9. The molecule has 434 valence electrons. The van der Waals surface area contributed by atoms with Crippen LogP contribution in [0.25, 0.3) is 0 Å². The van der Waals surface area contributed by atoms with Crippen LogP contribution < -0.4 is 16.4 Å². The predicted octanol–water partition coefficient (Wildman–Crippen LogP) is 19.4. The van der Waals surface area contributed by atoms with E-state index in [1.807, 2.05) is 0 Å². The van der Waals surface area contributed by atoms with E-state index in [4.69, 9.17) is 33.8 Å². The van der Waals surface area contributed by atoms with Crippen LogP contribution in [-0.2, 0) is 19.1 Å². The highest BCUT2D eigenvalue weighted by molar-refractivity contribution is 7.45. The maximum Gasteiger partial charge on any atom is 0.466 e. The first-order valence-corrected chi connectivity index (χ1v) is 33.1. The molecule has 0 saturated carbocycles. The van der Waals surface area contributed by atoms with E-state index in [1.165, 1.54) is 308 Å². The van der Waals surface area contributed by atoms with Gasteiger partial charge in [0.1, 0.15) is 0 Å². The second-order valence-electron chi connectivity index (χ2n) is 20.5. The zero-order valence-corrected chi connectivity index (χ0v) is 50.0. The molecule has 0 rings (SSSR count). The average molecular weight is 1040 g/mol. The van der Waals surface area contributed by atoms with Gasteiger partial charge in [0.25, 0.3) is 0 Å². The first-order chi connectivity index (χ1) is 34.7. The van der Waals surface area contributed by atoms with Gasteiger partial charge in [-0.15, -0.1) is 0 Å². The molecule has 0 aromatic carbocycles. The average Bonchev–Trinajstić information content (AvgIpc) is 3.35. The van der Waals surface area contributed by atoms with Crippen LogP contribution >= 0.6 is 7.82 Å². The smallest absolute Gasteiger partial charge is 0.303 e. The number of hydrogen-bond acceptors (Lipinski definition) is 7. The standard InChI is InChI=1S/3C20H43NO.H3O4P/c3*1-3-5-6-7-8-9-10-11-12-13-14-15-16-17-18-19-20-22-21-4-2;1-5(2,3)4/h3*21H,3-20H2,1-2H3;(H3,1,2,3,4). The Hall–Kier alpha value is -0.130. The Morgan fingerprint density at radius 3 is 0.465 bits per heavy atom. The van der Waals surface area contributed by atoms with E-state index < -0.39 is 7.82 Å². The minimum absolute atomic E-state index is 0.867. The van der Waals surface area contributed by atoms with Crippen molar-refractivity contribution >= 4 is 7.82 Å². The summed E-state index contributed by atoms with van der Waals surface area (Å²) >= 11 is 0. The third kappa shape index (κ3) is 99.5. The van der Waals surface area contributed by atoms with Crippen molar-refractivity contribution in [1.29, 1.82) is 0 Å². The van der Waals surface area contributed by atoms with Crippen LogP contribution in [0.1, 0.15) is 350 Å². The highest BCUT2D eigenvalue weighted by atomic mass is 31.2. The number of nitrogens with one attached hydrogen (secondary N) is 3. The maximum atomic E-state index is 8.88. The molecule has 0 aliphatic heterocycles. The monoisotopic (exact) mass is 1040 g/mol. The van der Waals surface area contributed by atoms with Crippen molar-refractivity contribution in [3.05, 3.63) is 0 Å². The molecular weight excluding hydrogens is 906 g/mol. The minimum Gasteiger partial charge on any atom is -0.303 e. The lowest BCUT2D eigenvalue weighted by molar-refractivity contribution is 0.0418. The van der Waals surface area contributed by atoms with Gasteiger partial charge in [-0.2, -0.15) is 0 Å². The van der Waals surface area contributed by atoms with Crippen molar-refractivity contribution in [3.8, 4) is 0 Å². The summed E-state index contributed by atoms with van der Waals surface area (Å²) in [5.41, 5.74) is 8.70. The van der Waals surface area contributed by atoms with E-state index in [9.17, 15) is 0 Å². The SMILES string of the molecule is CCCCCCCCCCCCCCCCCCONCC.CCCCCCCCCCCCCCCCCCONCC.CCCCCCCCCCCCCCCCCCONCC.O=P(O)(O)O. The molecule has 0 atom stereocenters. The van der Waals surface area contributed by atoms with Crippen molar-refractivity contribution in [2.24, 2.45) is 0 Å². The van der Waals surface area contributed by atoms with Gasteiger partial charge in [0.2, 0.25) is 0 Å². The minimum atomic E-state index is -4.64. The van der Waals surface area contributed by atoms with E-state index in [0.29, 0.717) is 0 Å². The third-order valence-corrected chi connectivity index (χ3v) is 13.0. The van der Waals surface area contributed by atoms with Crippen LogP contribution in [0.4, 0.5) is 0 Å². The molecule has 0 aromatic heterocycles. The van der Waals surface area contributed by atoms with Gasteiger partial charge >= 0.3 is 7.82 Å². The maximum absolute atomic E-state index is 8.88. The Labute approximate surface area is 445 Å². The lowest BCUT2D eigenvalue weighted by Gasteiger charge is -2.04. The van der Waals surface area contributed by atoms with Gasteiger partial charge in [0.05, 0.1) is 19.8 Å². The molecule has 10 nitrogen and oxygen atoms in total. The van der Waals surface area contributed by atoms with Crippen LogP contribution in [0.5, 0.6) is 0 Å². The fourth-order valence-electron chi connectivity index (χ4n) is 8.69. The van der Waals surface area contributed by atoms with Gasteiger partial charge in [-0.25, -0.2) is 21.0 Å². The van der Waals surface area contributed by atoms with E-state index in [2.05, 4.69) is 58.0 Å². The van der Waals surface area contributed by atoms with Crippen molar-refractivity contribution in [2.45, 2.75) is 350 Å². The summed E-state index contributed by atoms with van der Waals surface area (Å²) in [5.74, 6) is 0. The molecular formula is C60H132N3O7P. The first-order valence-electron chi connectivity index (χ1n) is 31.6. The Kier molecular flexibility index (Phi) is 83.2. The lowest BCUT2D eigenvalue weighted by atomic mass is 10.0. The van der Waals surface area contributed by atoms with Crippen LogP contribution in [0.3, 0.4) is 0 Å². The molecule has 0 spiro atoms. The fourth-order valence-corrected chi connectivity index (χ4v) is 8.69. The summed E-state index contributed by atoms with van der Waals surface area (Å²) in [4.78, 5) is 37.3. The molecule has 0 aromatic rings. The summed E-state index contributed by atoms with van der Waals surface area (Å²) in [7, 11) is -4.64. The Morgan fingerprint density at radius 2 is 0.352 bits per heavy atom. The zero-order valence-electron chi connectivity index (χ0n) is 49.1. The van der Waals surface area contributed by atoms with E-state index in [-0.39, 0.29) is 0 Å². The summed E-state index contributed by atoms with van der Waals surface area (Å²) < 4.78 is 8.88. The lowest BCUT2D eigenvalue weighted by Crippen LogP contribution is -2.14.